The maximum Gasteiger partial charge on any atom is 0.103 e. The van der Waals surface area contributed by atoms with Crippen molar-refractivity contribution in [1.29, 1.82) is 0 Å². The van der Waals surface area contributed by atoms with Gasteiger partial charge in [-0.25, -0.2) is 0 Å². The number of allylic oxidation sites excluding steroid dienone is 2. The van der Waals surface area contributed by atoms with E-state index in [1.807, 2.05) is 0 Å². The second-order valence-corrected chi connectivity index (χ2v) is 4.91. The van der Waals surface area contributed by atoms with Crippen LogP contribution >= 0.6 is 0 Å². The first-order valence-electron chi connectivity index (χ1n) is 6.26. The second kappa shape index (κ2) is 3.65. The summed E-state index contributed by atoms with van der Waals surface area (Å²) in [5, 5.41) is 0. The minimum Gasteiger partial charge on any atom is -0.498 e. The molecule has 0 spiro atoms. The van der Waals surface area contributed by atoms with E-state index in [9.17, 15) is 0 Å². The summed E-state index contributed by atoms with van der Waals surface area (Å²) < 4.78 is 5.86. The van der Waals surface area contributed by atoms with Gasteiger partial charge in [-0.3, -0.25) is 0 Å². The molecule has 2 aliphatic carbocycles. The minimum absolute atomic E-state index is 0.210. The van der Waals surface area contributed by atoms with Crippen molar-refractivity contribution in [2.24, 2.45) is 5.92 Å². The van der Waals surface area contributed by atoms with E-state index in [-0.39, 0.29) is 5.41 Å². The first kappa shape index (κ1) is 9.95. The number of ether oxygens (including phenoxy) is 1. The van der Waals surface area contributed by atoms with E-state index >= 15 is 0 Å². The zero-order valence-corrected chi connectivity index (χ0v) is 9.78. The Bertz CT molecular complexity index is 407. The Morgan fingerprint density at radius 2 is 2.12 bits per heavy atom. The molecule has 16 heavy (non-hydrogen) atoms. The van der Waals surface area contributed by atoms with Gasteiger partial charge in [0.05, 0.1) is 12.0 Å². The largest absolute Gasteiger partial charge is 0.498 e. The third-order valence-electron chi connectivity index (χ3n) is 4.04. The molecular formula is C15H18O. The van der Waals surface area contributed by atoms with Crippen LogP contribution in [0.2, 0.25) is 0 Å². The van der Waals surface area contributed by atoms with Crippen molar-refractivity contribution in [2.45, 2.75) is 31.6 Å². The van der Waals surface area contributed by atoms with Gasteiger partial charge < -0.3 is 4.74 Å². The van der Waals surface area contributed by atoms with Crippen molar-refractivity contribution in [2.75, 3.05) is 6.61 Å². The van der Waals surface area contributed by atoms with Crippen LogP contribution in [0.15, 0.2) is 42.2 Å². The normalized spacial score (nSPS) is 31.6. The number of fused-ring (bicyclic) bond motifs is 2. The fraction of sp³-hybridized carbons (Fsp3) is 0.467. The van der Waals surface area contributed by atoms with Gasteiger partial charge in [0.1, 0.15) is 5.76 Å². The van der Waals surface area contributed by atoms with Gasteiger partial charge in [0.25, 0.3) is 0 Å². The average Bonchev–Trinajstić information content (AvgIpc) is 2.89. The molecule has 0 aromatic heterocycles. The fourth-order valence-electron chi connectivity index (χ4n) is 3.33. The summed E-state index contributed by atoms with van der Waals surface area (Å²) in [6.07, 6.45) is 6.20. The van der Waals surface area contributed by atoms with Crippen LogP contribution in [0, 0.1) is 5.92 Å². The quantitative estimate of drug-likeness (QED) is 0.746. The second-order valence-electron chi connectivity index (χ2n) is 4.91. The van der Waals surface area contributed by atoms with Crippen LogP contribution in [-0.2, 0) is 10.2 Å². The summed E-state index contributed by atoms with van der Waals surface area (Å²) >= 11 is 0. The van der Waals surface area contributed by atoms with Crippen LogP contribution in [0.3, 0.4) is 0 Å². The summed E-state index contributed by atoms with van der Waals surface area (Å²) in [6.45, 7) is 2.86. The zero-order chi connectivity index (χ0) is 11.0. The molecule has 0 heterocycles. The Labute approximate surface area is 97.1 Å². The number of hydrogen-bond donors (Lipinski definition) is 0. The van der Waals surface area contributed by atoms with Crippen LogP contribution < -0.4 is 0 Å². The molecule has 0 radical (unpaired) electrons. The van der Waals surface area contributed by atoms with E-state index in [4.69, 9.17) is 4.74 Å². The van der Waals surface area contributed by atoms with Gasteiger partial charge in [-0.05, 0) is 43.7 Å². The smallest absolute Gasteiger partial charge is 0.103 e. The highest BCUT2D eigenvalue weighted by Gasteiger charge is 2.49. The standard InChI is InChI=1S/C15H18O/c1-2-16-14-10-12-8-9-15(14,11-12)13-6-4-3-5-7-13/h3-7,10,12H,2,8-9,11H2,1H3. The summed E-state index contributed by atoms with van der Waals surface area (Å²) in [7, 11) is 0. The summed E-state index contributed by atoms with van der Waals surface area (Å²) in [5.74, 6) is 1.99. The van der Waals surface area contributed by atoms with Crippen molar-refractivity contribution in [3.05, 3.63) is 47.7 Å². The Morgan fingerprint density at radius 3 is 2.81 bits per heavy atom. The molecule has 2 aliphatic rings. The Hall–Kier alpha value is -1.24. The number of hydrogen-bond acceptors (Lipinski definition) is 1. The van der Waals surface area contributed by atoms with Crippen molar-refractivity contribution in [1.82, 2.24) is 0 Å². The van der Waals surface area contributed by atoms with Gasteiger partial charge in [0, 0.05) is 0 Å². The van der Waals surface area contributed by atoms with E-state index < -0.39 is 0 Å². The zero-order valence-electron chi connectivity index (χ0n) is 9.78. The van der Waals surface area contributed by atoms with E-state index in [2.05, 4.69) is 43.3 Å². The Kier molecular flexibility index (Phi) is 2.27. The van der Waals surface area contributed by atoms with Crippen molar-refractivity contribution in [3.63, 3.8) is 0 Å². The van der Waals surface area contributed by atoms with E-state index in [1.54, 1.807) is 0 Å². The monoisotopic (exact) mass is 214 g/mol. The topological polar surface area (TPSA) is 9.23 Å². The lowest BCUT2D eigenvalue weighted by molar-refractivity contribution is 0.179. The van der Waals surface area contributed by atoms with Gasteiger partial charge in [0.2, 0.25) is 0 Å². The van der Waals surface area contributed by atoms with E-state index in [1.165, 1.54) is 30.6 Å². The molecule has 0 aliphatic heterocycles. The number of benzene rings is 1. The molecule has 1 aromatic carbocycles. The Balaban J connectivity index is 2.01. The average molecular weight is 214 g/mol. The maximum atomic E-state index is 5.86. The van der Waals surface area contributed by atoms with Gasteiger partial charge in [-0.1, -0.05) is 30.3 Å². The molecule has 1 aromatic rings. The highest BCUT2D eigenvalue weighted by atomic mass is 16.5. The van der Waals surface area contributed by atoms with Gasteiger partial charge >= 0.3 is 0 Å². The van der Waals surface area contributed by atoms with Gasteiger partial charge in [-0.2, -0.15) is 0 Å². The molecule has 1 fully saturated rings. The molecule has 84 valence electrons. The van der Waals surface area contributed by atoms with Gasteiger partial charge in [0.15, 0.2) is 0 Å². The summed E-state index contributed by atoms with van der Waals surface area (Å²) in [6, 6.07) is 10.9. The molecule has 2 unspecified atom stereocenters. The molecule has 1 heteroatoms. The predicted octanol–water partition coefficient (Wildman–Crippen LogP) is 3.66. The Morgan fingerprint density at radius 1 is 1.31 bits per heavy atom. The van der Waals surface area contributed by atoms with Crippen LogP contribution in [0.25, 0.3) is 0 Å². The third kappa shape index (κ3) is 1.31. The molecule has 1 saturated carbocycles. The maximum absolute atomic E-state index is 5.86. The van der Waals surface area contributed by atoms with Crippen LogP contribution in [0.5, 0.6) is 0 Å². The molecule has 2 bridgehead atoms. The van der Waals surface area contributed by atoms with E-state index in [0.29, 0.717) is 0 Å². The molecular weight excluding hydrogens is 196 g/mol. The summed E-state index contributed by atoms with van der Waals surface area (Å²) in [5.41, 5.74) is 1.65. The van der Waals surface area contributed by atoms with Crippen molar-refractivity contribution < 1.29 is 4.74 Å². The van der Waals surface area contributed by atoms with Crippen LogP contribution in [0.1, 0.15) is 31.7 Å². The third-order valence-corrected chi connectivity index (χ3v) is 4.04. The van der Waals surface area contributed by atoms with Gasteiger partial charge in [-0.15, -0.1) is 0 Å². The lowest BCUT2D eigenvalue weighted by Gasteiger charge is -2.30. The predicted molar refractivity (Wildman–Crippen MR) is 65.2 cm³/mol. The first-order chi connectivity index (χ1) is 7.85. The highest BCUT2D eigenvalue weighted by Crippen LogP contribution is 2.55. The minimum atomic E-state index is 0.210. The molecule has 0 N–H and O–H groups in total. The van der Waals surface area contributed by atoms with Crippen molar-refractivity contribution in [3.8, 4) is 0 Å². The molecule has 0 saturated heterocycles. The SMILES string of the molecule is CCOC1=CC2CCC1(c1ccccc1)C2. The highest BCUT2D eigenvalue weighted by molar-refractivity contribution is 5.40. The molecule has 0 amide bonds. The molecule has 3 rings (SSSR count). The fourth-order valence-corrected chi connectivity index (χ4v) is 3.33. The molecule has 2 atom stereocenters. The summed E-state index contributed by atoms with van der Waals surface area (Å²) in [4.78, 5) is 0. The van der Waals surface area contributed by atoms with Crippen molar-refractivity contribution >= 4 is 0 Å². The van der Waals surface area contributed by atoms with Crippen LogP contribution in [0.4, 0.5) is 0 Å². The number of rotatable bonds is 3. The van der Waals surface area contributed by atoms with E-state index in [0.717, 1.165) is 12.5 Å². The lowest BCUT2D eigenvalue weighted by atomic mass is 9.78. The molecule has 1 nitrogen and oxygen atoms in total. The first-order valence-corrected chi connectivity index (χ1v) is 6.26. The lowest BCUT2D eigenvalue weighted by Crippen LogP contribution is -2.24. The van der Waals surface area contributed by atoms with Crippen LogP contribution in [-0.4, -0.2) is 6.61 Å².